The first-order chi connectivity index (χ1) is 9.66. The van der Waals surface area contributed by atoms with Crippen LogP contribution in [0.1, 0.15) is 0 Å². The Morgan fingerprint density at radius 3 is 2.52 bits per heavy atom. The first-order valence-electron chi connectivity index (χ1n) is 5.88. The molecule has 0 amide bonds. The second-order valence-electron chi connectivity index (χ2n) is 4.71. The molecule has 118 valence electrons. The SMILES string of the molecule is Nc1ccnc(=O)n1C1(O)OC(CO)C(N)(O)C(O)C1O. The monoisotopic (exact) mass is 304 g/mol. The lowest BCUT2D eigenvalue weighted by Crippen LogP contribution is -2.76. The maximum atomic E-state index is 11.7. The van der Waals surface area contributed by atoms with Crippen molar-refractivity contribution in [1.29, 1.82) is 0 Å². The Morgan fingerprint density at radius 2 is 2.00 bits per heavy atom. The molecular weight excluding hydrogens is 288 g/mol. The molecule has 2 heterocycles. The molecule has 0 bridgehead atoms. The van der Waals surface area contributed by atoms with Crippen LogP contribution in [0, 0.1) is 0 Å². The number of aliphatic hydroxyl groups excluding tert-OH is 3. The number of nitrogens with zero attached hydrogens (tertiary/aromatic N) is 2. The summed E-state index contributed by atoms with van der Waals surface area (Å²) in [6.45, 7) is -0.909. The minimum Gasteiger partial charge on any atom is -0.393 e. The largest absolute Gasteiger partial charge is 0.393 e. The van der Waals surface area contributed by atoms with Crippen molar-refractivity contribution in [1.82, 2.24) is 9.55 Å². The summed E-state index contributed by atoms with van der Waals surface area (Å²) in [5, 5.41) is 49.2. The lowest BCUT2D eigenvalue weighted by Gasteiger charge is -2.49. The molecule has 2 rings (SSSR count). The van der Waals surface area contributed by atoms with Crippen LogP contribution in [0.3, 0.4) is 0 Å². The number of nitrogen functional groups attached to an aromatic ring is 1. The van der Waals surface area contributed by atoms with Crippen LogP contribution in [0.4, 0.5) is 5.82 Å². The number of nitrogens with two attached hydrogens (primary N) is 2. The Morgan fingerprint density at radius 1 is 1.38 bits per heavy atom. The molecule has 0 spiro atoms. The predicted molar refractivity (Wildman–Crippen MR) is 66.2 cm³/mol. The third-order valence-corrected chi connectivity index (χ3v) is 3.36. The average Bonchev–Trinajstić information content (AvgIpc) is 2.41. The number of hydrogen-bond acceptors (Lipinski definition) is 10. The van der Waals surface area contributed by atoms with Crippen molar-refractivity contribution in [3.8, 4) is 0 Å². The van der Waals surface area contributed by atoms with E-state index in [1.165, 1.54) is 0 Å². The van der Waals surface area contributed by atoms with E-state index in [0.29, 0.717) is 4.57 Å². The zero-order chi connectivity index (χ0) is 16.0. The molecule has 0 aromatic carbocycles. The Labute approximate surface area is 117 Å². The second-order valence-corrected chi connectivity index (χ2v) is 4.71. The van der Waals surface area contributed by atoms with Crippen molar-refractivity contribution in [3.05, 3.63) is 22.7 Å². The van der Waals surface area contributed by atoms with Gasteiger partial charge in [-0.1, -0.05) is 0 Å². The Bertz CT molecular complexity index is 587. The fraction of sp³-hybridized carbons (Fsp3) is 0.600. The van der Waals surface area contributed by atoms with Crippen molar-refractivity contribution in [2.45, 2.75) is 29.9 Å². The van der Waals surface area contributed by atoms with Crippen molar-refractivity contribution in [3.63, 3.8) is 0 Å². The number of hydrogen-bond donors (Lipinski definition) is 7. The molecule has 11 heteroatoms. The van der Waals surface area contributed by atoms with E-state index in [-0.39, 0.29) is 5.82 Å². The molecule has 1 fully saturated rings. The lowest BCUT2D eigenvalue weighted by atomic mass is 9.91. The van der Waals surface area contributed by atoms with E-state index in [4.69, 9.17) is 21.3 Å². The third-order valence-electron chi connectivity index (χ3n) is 3.36. The average molecular weight is 304 g/mol. The Kier molecular flexibility index (Phi) is 3.75. The van der Waals surface area contributed by atoms with E-state index in [9.17, 15) is 25.2 Å². The zero-order valence-electron chi connectivity index (χ0n) is 10.7. The summed E-state index contributed by atoms with van der Waals surface area (Å²) in [4.78, 5) is 15.1. The van der Waals surface area contributed by atoms with Crippen LogP contribution in [-0.2, 0) is 10.6 Å². The molecule has 1 saturated heterocycles. The molecule has 11 nitrogen and oxygen atoms in total. The van der Waals surface area contributed by atoms with Crippen molar-refractivity contribution in [2.24, 2.45) is 5.73 Å². The molecule has 0 aliphatic carbocycles. The van der Waals surface area contributed by atoms with E-state index < -0.39 is 42.2 Å². The van der Waals surface area contributed by atoms with Gasteiger partial charge in [-0.15, -0.1) is 0 Å². The van der Waals surface area contributed by atoms with E-state index in [1.54, 1.807) is 0 Å². The van der Waals surface area contributed by atoms with Gasteiger partial charge in [0.2, 0.25) is 0 Å². The first kappa shape index (κ1) is 15.8. The number of anilines is 1. The van der Waals surface area contributed by atoms with Crippen LogP contribution in [-0.4, -0.2) is 65.7 Å². The highest BCUT2D eigenvalue weighted by Crippen LogP contribution is 2.35. The van der Waals surface area contributed by atoms with Crippen LogP contribution in [0.15, 0.2) is 17.1 Å². The van der Waals surface area contributed by atoms with Gasteiger partial charge in [-0.05, 0) is 6.07 Å². The summed E-state index contributed by atoms with van der Waals surface area (Å²) >= 11 is 0. The maximum Gasteiger partial charge on any atom is 0.353 e. The quantitative estimate of drug-likeness (QED) is 0.260. The van der Waals surface area contributed by atoms with Gasteiger partial charge in [-0.3, -0.25) is 5.73 Å². The topological polar surface area (TPSA) is 197 Å². The fourth-order valence-corrected chi connectivity index (χ4v) is 2.13. The minimum absolute atomic E-state index is 0.331. The van der Waals surface area contributed by atoms with Crippen LogP contribution in [0.25, 0.3) is 0 Å². The summed E-state index contributed by atoms with van der Waals surface area (Å²) in [7, 11) is 0. The third kappa shape index (κ3) is 2.20. The molecule has 9 N–H and O–H groups in total. The number of rotatable bonds is 2. The smallest absolute Gasteiger partial charge is 0.353 e. The van der Waals surface area contributed by atoms with Crippen LogP contribution in [0.2, 0.25) is 0 Å². The highest BCUT2D eigenvalue weighted by Gasteiger charge is 2.60. The molecule has 5 unspecified atom stereocenters. The van der Waals surface area contributed by atoms with Crippen LogP contribution < -0.4 is 17.2 Å². The normalized spacial score (nSPS) is 40.2. The van der Waals surface area contributed by atoms with Crippen molar-refractivity contribution < 1.29 is 30.3 Å². The van der Waals surface area contributed by atoms with Gasteiger partial charge < -0.3 is 36.0 Å². The van der Waals surface area contributed by atoms with Crippen molar-refractivity contribution in [2.75, 3.05) is 12.3 Å². The number of ether oxygens (including phenoxy) is 1. The van der Waals surface area contributed by atoms with E-state index in [0.717, 1.165) is 12.3 Å². The van der Waals surface area contributed by atoms with Gasteiger partial charge in [0.25, 0.3) is 5.91 Å². The van der Waals surface area contributed by atoms with Gasteiger partial charge in [-0.25, -0.2) is 14.3 Å². The molecular formula is C10H16N4O7. The van der Waals surface area contributed by atoms with Crippen molar-refractivity contribution >= 4 is 5.82 Å². The molecule has 21 heavy (non-hydrogen) atoms. The summed E-state index contributed by atoms with van der Waals surface area (Å²) in [6.07, 6.45) is -5.02. The van der Waals surface area contributed by atoms with E-state index in [1.807, 2.05) is 0 Å². The molecule has 1 aromatic heterocycles. The molecule has 0 radical (unpaired) electrons. The second kappa shape index (κ2) is 4.99. The van der Waals surface area contributed by atoms with Gasteiger partial charge in [0, 0.05) is 6.20 Å². The molecule has 0 saturated carbocycles. The molecule has 1 aliphatic rings. The van der Waals surface area contributed by atoms with Gasteiger partial charge in [-0.2, -0.15) is 0 Å². The summed E-state index contributed by atoms with van der Waals surface area (Å²) < 4.78 is 5.31. The van der Waals surface area contributed by atoms with Gasteiger partial charge >= 0.3 is 5.69 Å². The van der Waals surface area contributed by atoms with E-state index in [2.05, 4.69) is 4.98 Å². The van der Waals surface area contributed by atoms with Crippen LogP contribution >= 0.6 is 0 Å². The Hall–Kier alpha value is -1.60. The Balaban J connectivity index is 2.59. The van der Waals surface area contributed by atoms with E-state index >= 15 is 0 Å². The molecule has 5 atom stereocenters. The molecule has 1 aromatic rings. The highest BCUT2D eigenvalue weighted by molar-refractivity contribution is 5.28. The summed E-state index contributed by atoms with van der Waals surface area (Å²) in [5.74, 6) is -3.20. The standard InChI is InChI=1S/C10H16N4O7/c11-5-1-2-13-8(18)14(5)10(20)7(17)6(16)9(12,19)4(3-15)21-10/h1-2,4,6-7,15-17,19-20H,3,11-12H2. The highest BCUT2D eigenvalue weighted by atomic mass is 16.7. The van der Waals surface area contributed by atoms with Gasteiger partial charge in [0.15, 0.2) is 11.8 Å². The summed E-state index contributed by atoms with van der Waals surface area (Å²) in [5.41, 5.74) is 7.26. The fourth-order valence-electron chi connectivity index (χ4n) is 2.13. The number of aromatic nitrogens is 2. The summed E-state index contributed by atoms with van der Waals surface area (Å²) in [6, 6.07) is 1.14. The maximum absolute atomic E-state index is 11.7. The van der Waals surface area contributed by atoms with Crippen LogP contribution in [0.5, 0.6) is 0 Å². The minimum atomic E-state index is -2.87. The predicted octanol–water partition coefficient (Wildman–Crippen LogP) is -4.81. The number of aliphatic hydroxyl groups is 5. The zero-order valence-corrected chi connectivity index (χ0v) is 10.7. The lowest BCUT2D eigenvalue weighted by molar-refractivity contribution is -0.411. The van der Waals surface area contributed by atoms with Gasteiger partial charge in [0.1, 0.15) is 18.0 Å². The van der Waals surface area contributed by atoms with Gasteiger partial charge in [0.05, 0.1) is 6.61 Å². The molecule has 1 aliphatic heterocycles. The first-order valence-corrected chi connectivity index (χ1v) is 5.88.